The van der Waals surface area contributed by atoms with Crippen LogP contribution in [0.2, 0.25) is 0 Å². The van der Waals surface area contributed by atoms with Gasteiger partial charge in [0.2, 0.25) is 0 Å². The van der Waals surface area contributed by atoms with Crippen molar-refractivity contribution in [1.82, 2.24) is 0 Å². The summed E-state index contributed by atoms with van der Waals surface area (Å²) in [7, 11) is 0. The van der Waals surface area contributed by atoms with E-state index in [1.165, 1.54) is 12.5 Å². The van der Waals surface area contributed by atoms with Gasteiger partial charge in [-0.3, -0.25) is 4.79 Å². The lowest BCUT2D eigenvalue weighted by Crippen LogP contribution is -2.15. The molecule has 100 valence electrons. The summed E-state index contributed by atoms with van der Waals surface area (Å²) in [6, 6.07) is 0. The lowest BCUT2D eigenvalue weighted by molar-refractivity contribution is -0.147. The van der Waals surface area contributed by atoms with Crippen molar-refractivity contribution in [2.45, 2.75) is 60.3 Å². The van der Waals surface area contributed by atoms with Crippen LogP contribution < -0.4 is 0 Å². The molecule has 0 spiro atoms. The summed E-state index contributed by atoms with van der Waals surface area (Å²) in [5, 5.41) is 0. The fourth-order valence-electron chi connectivity index (χ4n) is 1.48. The molecule has 0 N–H and O–H groups in total. The molecule has 0 fully saturated rings. The molecule has 0 aliphatic rings. The molecule has 0 aromatic heterocycles. The van der Waals surface area contributed by atoms with E-state index in [9.17, 15) is 4.79 Å². The maximum atomic E-state index is 11.7. The van der Waals surface area contributed by atoms with Gasteiger partial charge in [-0.1, -0.05) is 25.5 Å². The maximum absolute atomic E-state index is 11.7. The molecule has 0 saturated heterocycles. The average Bonchev–Trinajstić information content (AvgIpc) is 2.28. The predicted molar refractivity (Wildman–Crippen MR) is 72.9 cm³/mol. The first-order chi connectivity index (χ1) is 8.71. The molecule has 0 aliphatic carbocycles. The zero-order chi connectivity index (χ0) is 15.1. The van der Waals surface area contributed by atoms with E-state index >= 15 is 0 Å². The van der Waals surface area contributed by atoms with Gasteiger partial charge in [0, 0.05) is 2.74 Å². The third-order valence-corrected chi connectivity index (χ3v) is 2.64. The Balaban J connectivity index is 4.30. The quantitative estimate of drug-likeness (QED) is 0.467. The molecule has 0 radical (unpaired) electrons. The first-order valence-electron chi connectivity index (χ1n) is 7.52. The third-order valence-electron chi connectivity index (χ3n) is 2.64. The van der Waals surface area contributed by atoms with Gasteiger partial charge in [0.25, 0.3) is 0 Å². The Kier molecular flexibility index (Phi) is 6.90. The third kappa shape index (κ3) is 8.96. The summed E-state index contributed by atoms with van der Waals surface area (Å²) in [4.78, 5) is 11.7. The molecule has 0 rings (SSSR count). The number of hydrogen-bond acceptors (Lipinski definition) is 2. The molecule has 0 heterocycles. The zero-order valence-electron chi connectivity index (χ0n) is 13.9. The molecule has 0 saturated carbocycles. The SMILES string of the molecule is [2H]C(CC(C)CCC=C(C)C)C([2H])(C)C(=O)OCC. The van der Waals surface area contributed by atoms with E-state index in [1.807, 2.05) is 0 Å². The zero-order valence-corrected chi connectivity index (χ0v) is 11.9. The van der Waals surface area contributed by atoms with E-state index in [-0.39, 0.29) is 6.61 Å². The second-order valence-corrected chi connectivity index (χ2v) is 4.81. The van der Waals surface area contributed by atoms with Crippen LogP contribution in [0, 0.1) is 11.8 Å². The summed E-state index contributed by atoms with van der Waals surface area (Å²) in [6.07, 6.45) is 3.97. The molecule has 0 bridgehead atoms. The molecule has 0 amide bonds. The monoisotopic (exact) mass is 242 g/mol. The summed E-state index contributed by atoms with van der Waals surface area (Å²) < 4.78 is 20.9. The Hall–Kier alpha value is -0.790. The van der Waals surface area contributed by atoms with Crippen LogP contribution in [-0.2, 0) is 9.53 Å². The van der Waals surface area contributed by atoms with Crippen LogP contribution in [0.1, 0.15) is 63.0 Å². The smallest absolute Gasteiger partial charge is 0.308 e. The van der Waals surface area contributed by atoms with Gasteiger partial charge in [-0.2, -0.15) is 0 Å². The van der Waals surface area contributed by atoms with Gasteiger partial charge in [0.05, 0.1) is 12.5 Å². The minimum absolute atomic E-state index is 0.260. The van der Waals surface area contributed by atoms with Crippen molar-refractivity contribution in [3.05, 3.63) is 11.6 Å². The van der Waals surface area contributed by atoms with Crippen LogP contribution in [0.5, 0.6) is 0 Å². The predicted octanol–water partition coefficient (Wildman–Crippen LogP) is 4.35. The number of rotatable bonds is 8. The topological polar surface area (TPSA) is 26.3 Å². The number of esters is 1. The molecule has 17 heavy (non-hydrogen) atoms. The molecular formula is C15H28O2. The van der Waals surface area contributed by atoms with Crippen LogP contribution in [0.3, 0.4) is 0 Å². The van der Waals surface area contributed by atoms with Crippen LogP contribution in [0.15, 0.2) is 11.6 Å². The fraction of sp³-hybridized carbons (Fsp3) is 0.800. The summed E-state index contributed by atoms with van der Waals surface area (Å²) in [5.74, 6) is -1.73. The summed E-state index contributed by atoms with van der Waals surface area (Å²) >= 11 is 0. The van der Waals surface area contributed by atoms with Crippen molar-refractivity contribution in [2.75, 3.05) is 6.61 Å². The highest BCUT2D eigenvalue weighted by atomic mass is 16.5. The van der Waals surface area contributed by atoms with Crippen LogP contribution >= 0.6 is 0 Å². The Morgan fingerprint density at radius 2 is 2.06 bits per heavy atom. The van der Waals surface area contributed by atoms with E-state index in [0.717, 1.165) is 12.8 Å². The maximum Gasteiger partial charge on any atom is 0.308 e. The Bertz CT molecular complexity index is 307. The van der Waals surface area contributed by atoms with E-state index in [0.29, 0.717) is 12.3 Å². The molecule has 2 heteroatoms. The van der Waals surface area contributed by atoms with Crippen molar-refractivity contribution in [3.8, 4) is 0 Å². The van der Waals surface area contributed by atoms with Gasteiger partial charge >= 0.3 is 5.97 Å². The lowest BCUT2D eigenvalue weighted by atomic mass is 9.94. The van der Waals surface area contributed by atoms with E-state index in [2.05, 4.69) is 26.8 Å². The molecule has 0 aromatic carbocycles. The van der Waals surface area contributed by atoms with Gasteiger partial charge in [0.15, 0.2) is 0 Å². The number of carbonyl (C=O) groups is 1. The second-order valence-electron chi connectivity index (χ2n) is 4.81. The Morgan fingerprint density at radius 3 is 2.59 bits per heavy atom. The molecule has 0 aromatic rings. The van der Waals surface area contributed by atoms with Crippen molar-refractivity contribution < 1.29 is 12.3 Å². The molecular weight excluding hydrogens is 212 g/mol. The number of carbonyl (C=O) groups excluding carboxylic acids is 1. The Morgan fingerprint density at radius 1 is 1.41 bits per heavy atom. The second kappa shape index (κ2) is 9.26. The standard InChI is InChI=1S/C15H28O2/c1-6-17-15(16)14(5)11-10-13(4)9-7-8-12(2)3/h8,13-14H,6-7,9-11H2,1-5H3/i11D,14D. The van der Waals surface area contributed by atoms with Gasteiger partial charge < -0.3 is 4.74 Å². The number of ether oxygens (including phenoxy) is 1. The highest BCUT2D eigenvalue weighted by molar-refractivity contribution is 5.71. The van der Waals surface area contributed by atoms with Gasteiger partial charge in [-0.25, -0.2) is 0 Å². The largest absolute Gasteiger partial charge is 0.466 e. The minimum atomic E-state index is -1.47. The van der Waals surface area contributed by atoms with Crippen molar-refractivity contribution in [2.24, 2.45) is 11.8 Å². The molecule has 3 atom stereocenters. The van der Waals surface area contributed by atoms with E-state index in [1.54, 1.807) is 6.92 Å². The van der Waals surface area contributed by atoms with E-state index < -0.39 is 18.3 Å². The van der Waals surface area contributed by atoms with Crippen LogP contribution in [0.4, 0.5) is 0 Å². The van der Waals surface area contributed by atoms with Crippen LogP contribution in [0.25, 0.3) is 0 Å². The average molecular weight is 242 g/mol. The number of allylic oxidation sites excluding steroid dienone is 2. The van der Waals surface area contributed by atoms with Gasteiger partial charge in [-0.05, 0) is 52.3 Å². The molecule has 2 nitrogen and oxygen atoms in total. The Labute approximate surface area is 109 Å². The number of hydrogen-bond donors (Lipinski definition) is 0. The highest BCUT2D eigenvalue weighted by Crippen LogP contribution is 2.18. The minimum Gasteiger partial charge on any atom is -0.466 e. The summed E-state index contributed by atoms with van der Waals surface area (Å²) in [6.45, 7) is 9.66. The fourth-order valence-corrected chi connectivity index (χ4v) is 1.48. The lowest BCUT2D eigenvalue weighted by Gasteiger charge is -2.14. The molecule has 3 unspecified atom stereocenters. The van der Waals surface area contributed by atoms with Gasteiger partial charge in [0.1, 0.15) is 0 Å². The molecule has 0 aliphatic heterocycles. The van der Waals surface area contributed by atoms with Crippen LogP contribution in [-0.4, -0.2) is 12.6 Å². The first kappa shape index (κ1) is 12.7. The van der Waals surface area contributed by atoms with Crippen molar-refractivity contribution in [1.29, 1.82) is 0 Å². The highest BCUT2D eigenvalue weighted by Gasteiger charge is 2.14. The van der Waals surface area contributed by atoms with Gasteiger partial charge in [-0.15, -0.1) is 0 Å². The normalized spacial score (nSPS) is 19.4. The van der Waals surface area contributed by atoms with Crippen molar-refractivity contribution >= 4 is 5.97 Å². The van der Waals surface area contributed by atoms with E-state index in [4.69, 9.17) is 7.48 Å². The first-order valence-corrected chi connectivity index (χ1v) is 6.44. The summed E-state index contributed by atoms with van der Waals surface area (Å²) in [5.41, 5.74) is 1.30. The van der Waals surface area contributed by atoms with Crippen molar-refractivity contribution in [3.63, 3.8) is 0 Å².